The zero-order chi connectivity index (χ0) is 21.7. The van der Waals surface area contributed by atoms with E-state index < -0.39 is 11.9 Å². The van der Waals surface area contributed by atoms with E-state index in [1.807, 2.05) is 36.0 Å². The van der Waals surface area contributed by atoms with Gasteiger partial charge in [-0.15, -0.1) is 11.3 Å². The van der Waals surface area contributed by atoms with Gasteiger partial charge in [0, 0.05) is 37.3 Å². The highest BCUT2D eigenvalue weighted by Gasteiger charge is 2.39. The number of thiophene rings is 1. The second-order valence-corrected chi connectivity index (χ2v) is 8.69. The van der Waals surface area contributed by atoms with Crippen LogP contribution >= 0.6 is 11.3 Å². The highest BCUT2D eigenvalue weighted by atomic mass is 32.1. The van der Waals surface area contributed by atoms with Crippen molar-refractivity contribution in [3.8, 4) is 28.0 Å². The second kappa shape index (κ2) is 7.18. The van der Waals surface area contributed by atoms with Gasteiger partial charge in [0.25, 0.3) is 5.91 Å². The molecule has 0 aliphatic carbocycles. The van der Waals surface area contributed by atoms with E-state index in [1.54, 1.807) is 12.1 Å². The number of carbonyl (C=O) groups is 3. The Morgan fingerprint density at radius 2 is 2.06 bits per heavy atom. The van der Waals surface area contributed by atoms with Gasteiger partial charge < -0.3 is 9.47 Å². The highest BCUT2D eigenvalue weighted by Crippen LogP contribution is 2.33. The van der Waals surface area contributed by atoms with Gasteiger partial charge in [-0.1, -0.05) is 6.07 Å². The maximum absolute atomic E-state index is 12.9. The quantitative estimate of drug-likeness (QED) is 0.641. The lowest BCUT2D eigenvalue weighted by Crippen LogP contribution is -2.52. The molecule has 1 aromatic carbocycles. The molecule has 8 nitrogen and oxygen atoms in total. The molecule has 9 heteroatoms. The summed E-state index contributed by atoms with van der Waals surface area (Å²) in [4.78, 5) is 44.3. The molecule has 31 heavy (non-hydrogen) atoms. The van der Waals surface area contributed by atoms with Gasteiger partial charge in [0.05, 0.1) is 10.6 Å². The summed E-state index contributed by atoms with van der Waals surface area (Å²) in [6.07, 6.45) is 2.48. The zero-order valence-corrected chi connectivity index (χ0v) is 17.4. The third-order valence-electron chi connectivity index (χ3n) is 5.63. The Kier molecular flexibility index (Phi) is 4.45. The predicted octanol–water partition coefficient (Wildman–Crippen LogP) is 2.45. The number of fused-ring (bicyclic) bond motifs is 1. The topological polar surface area (TPSA) is 108 Å². The lowest BCUT2D eigenvalue weighted by Gasteiger charge is -2.29. The maximum Gasteiger partial charge on any atom is 0.255 e. The number of aromatic nitrogens is 2. The zero-order valence-electron chi connectivity index (χ0n) is 16.6. The highest BCUT2D eigenvalue weighted by molar-refractivity contribution is 7.15. The standard InChI is InChI=1S/C22H17N5O3S/c1-26-11-16(24-20(26)18-6-3-14(9-23)31-18)12-2-4-15-13(8-12)10-27(22(15)30)17-5-7-19(28)25-21(17)29/h2-4,6,8,11,17H,5,7,10H2,1H3,(H,25,28,29). The minimum atomic E-state index is -0.629. The molecule has 1 fully saturated rings. The molecule has 0 radical (unpaired) electrons. The largest absolute Gasteiger partial charge is 0.333 e. The first kappa shape index (κ1) is 19.2. The molecule has 154 valence electrons. The molecule has 0 saturated carbocycles. The van der Waals surface area contributed by atoms with Gasteiger partial charge in [0.2, 0.25) is 11.8 Å². The third-order valence-corrected chi connectivity index (χ3v) is 6.62. The Morgan fingerprint density at radius 3 is 2.81 bits per heavy atom. The average Bonchev–Trinajstić information content (AvgIpc) is 3.45. The van der Waals surface area contributed by atoms with E-state index in [2.05, 4.69) is 11.4 Å². The number of benzene rings is 1. The first-order valence-corrected chi connectivity index (χ1v) is 10.6. The number of hydrogen-bond acceptors (Lipinski definition) is 6. The van der Waals surface area contributed by atoms with Crippen molar-refractivity contribution in [2.24, 2.45) is 7.05 Å². The molecule has 5 rings (SSSR count). The fourth-order valence-corrected chi connectivity index (χ4v) is 4.92. The predicted molar refractivity (Wildman–Crippen MR) is 113 cm³/mol. The smallest absolute Gasteiger partial charge is 0.255 e. The van der Waals surface area contributed by atoms with E-state index in [-0.39, 0.29) is 18.2 Å². The van der Waals surface area contributed by atoms with Crippen molar-refractivity contribution in [2.45, 2.75) is 25.4 Å². The van der Waals surface area contributed by atoms with E-state index >= 15 is 0 Å². The minimum Gasteiger partial charge on any atom is -0.333 e. The Balaban J connectivity index is 1.43. The molecule has 4 heterocycles. The SMILES string of the molecule is Cn1cc(-c2ccc3c(c2)CN(C2CCC(=O)NC2=O)C3=O)nc1-c1ccc(C#N)s1. The summed E-state index contributed by atoms with van der Waals surface area (Å²) in [5.41, 5.74) is 3.04. The van der Waals surface area contributed by atoms with E-state index in [9.17, 15) is 14.4 Å². The molecule has 3 amide bonds. The van der Waals surface area contributed by atoms with Crippen LogP contribution in [-0.4, -0.2) is 38.2 Å². The molecule has 3 aromatic rings. The number of rotatable bonds is 3. The Bertz CT molecular complexity index is 1300. The number of nitrogens with one attached hydrogen (secondary N) is 1. The number of nitriles is 1. The van der Waals surface area contributed by atoms with Crippen LogP contribution in [-0.2, 0) is 23.2 Å². The molecule has 0 spiro atoms. The minimum absolute atomic E-state index is 0.194. The van der Waals surface area contributed by atoms with E-state index in [4.69, 9.17) is 10.2 Å². The van der Waals surface area contributed by atoms with Gasteiger partial charge in [-0.25, -0.2) is 4.98 Å². The number of nitrogens with zero attached hydrogens (tertiary/aromatic N) is 4. The van der Waals surface area contributed by atoms with Gasteiger partial charge >= 0.3 is 0 Å². The lowest BCUT2D eigenvalue weighted by atomic mass is 10.0. The number of piperidine rings is 1. The van der Waals surface area contributed by atoms with Crippen LogP contribution in [0, 0.1) is 11.3 Å². The van der Waals surface area contributed by atoms with Crippen molar-refractivity contribution in [3.63, 3.8) is 0 Å². The first-order chi connectivity index (χ1) is 14.9. The summed E-state index contributed by atoms with van der Waals surface area (Å²) >= 11 is 1.39. The normalized spacial score (nSPS) is 18.1. The third kappa shape index (κ3) is 3.21. The van der Waals surface area contributed by atoms with Crippen LogP contribution in [0.2, 0.25) is 0 Å². The Hall–Kier alpha value is -3.77. The van der Waals surface area contributed by atoms with Crippen molar-refractivity contribution in [2.75, 3.05) is 0 Å². The van der Waals surface area contributed by atoms with Crippen LogP contribution in [0.25, 0.3) is 22.0 Å². The number of amides is 3. The Labute approximate surface area is 181 Å². The molecule has 1 saturated heterocycles. The summed E-state index contributed by atoms with van der Waals surface area (Å²) in [5, 5.41) is 11.4. The number of hydrogen-bond donors (Lipinski definition) is 1. The van der Waals surface area contributed by atoms with Crippen LogP contribution in [0.15, 0.2) is 36.5 Å². The van der Waals surface area contributed by atoms with Crippen LogP contribution in [0.4, 0.5) is 0 Å². The first-order valence-electron chi connectivity index (χ1n) is 9.76. The monoisotopic (exact) mass is 431 g/mol. The fraction of sp³-hybridized carbons (Fsp3) is 0.227. The van der Waals surface area contributed by atoms with Crippen LogP contribution < -0.4 is 5.32 Å². The number of carbonyl (C=O) groups excluding carboxylic acids is 3. The molecule has 0 bridgehead atoms. The van der Waals surface area contributed by atoms with E-state index in [0.29, 0.717) is 23.4 Å². The van der Waals surface area contributed by atoms with Crippen LogP contribution in [0.3, 0.4) is 0 Å². The number of imidazole rings is 1. The summed E-state index contributed by atoms with van der Waals surface area (Å²) < 4.78 is 1.91. The van der Waals surface area contributed by atoms with Crippen molar-refractivity contribution < 1.29 is 14.4 Å². The van der Waals surface area contributed by atoms with E-state index in [1.165, 1.54) is 16.2 Å². The maximum atomic E-state index is 12.9. The molecule has 1 unspecified atom stereocenters. The molecular formula is C22H17N5O3S. The van der Waals surface area contributed by atoms with Gasteiger partial charge in [0.15, 0.2) is 5.82 Å². The van der Waals surface area contributed by atoms with Gasteiger partial charge in [-0.3, -0.25) is 19.7 Å². The summed E-state index contributed by atoms with van der Waals surface area (Å²) in [7, 11) is 1.90. The van der Waals surface area contributed by atoms with Crippen molar-refractivity contribution >= 4 is 29.1 Å². The van der Waals surface area contributed by atoms with Crippen molar-refractivity contribution in [1.29, 1.82) is 5.26 Å². The summed E-state index contributed by atoms with van der Waals surface area (Å²) in [5.74, 6) is -0.144. The molecular weight excluding hydrogens is 414 g/mol. The summed E-state index contributed by atoms with van der Waals surface area (Å²) in [6, 6.07) is 10.7. The van der Waals surface area contributed by atoms with Gasteiger partial charge in [-0.05, 0) is 36.2 Å². The average molecular weight is 431 g/mol. The van der Waals surface area contributed by atoms with Crippen molar-refractivity contribution in [3.05, 3.63) is 52.5 Å². The van der Waals surface area contributed by atoms with Gasteiger partial charge in [0.1, 0.15) is 17.0 Å². The molecule has 2 aliphatic heterocycles. The Morgan fingerprint density at radius 1 is 1.23 bits per heavy atom. The van der Waals surface area contributed by atoms with Crippen molar-refractivity contribution in [1.82, 2.24) is 19.8 Å². The van der Waals surface area contributed by atoms with Gasteiger partial charge in [-0.2, -0.15) is 5.26 Å². The molecule has 2 aromatic heterocycles. The van der Waals surface area contributed by atoms with Crippen LogP contribution in [0.5, 0.6) is 0 Å². The lowest BCUT2D eigenvalue weighted by molar-refractivity contribution is -0.136. The van der Waals surface area contributed by atoms with E-state index in [0.717, 1.165) is 27.5 Å². The fourth-order valence-electron chi connectivity index (χ4n) is 4.09. The number of imide groups is 1. The second-order valence-electron chi connectivity index (χ2n) is 7.61. The number of aryl methyl sites for hydroxylation is 1. The molecule has 1 atom stereocenters. The van der Waals surface area contributed by atoms with Crippen LogP contribution in [0.1, 0.15) is 33.6 Å². The molecule has 1 N–H and O–H groups in total. The summed E-state index contributed by atoms with van der Waals surface area (Å²) in [6.45, 7) is 0.324. The molecule has 2 aliphatic rings.